The van der Waals surface area contributed by atoms with Gasteiger partial charge in [-0.2, -0.15) is 0 Å². The number of nitrogens with two attached hydrogens (primary N) is 1. The number of nitrogens with one attached hydrogen (secondary N) is 1. The number of carbonyl (C=O) groups excluding carboxylic acids is 1. The summed E-state index contributed by atoms with van der Waals surface area (Å²) >= 11 is 0. The zero-order chi connectivity index (χ0) is 10.4. The normalized spacial score (nSPS) is 13.5. The summed E-state index contributed by atoms with van der Waals surface area (Å²) in [5.74, 6) is -0.0860. The molecule has 0 radical (unpaired) electrons. The first-order chi connectivity index (χ1) is 5.95. The average Bonchev–Trinajstić information content (AvgIpc) is 2.03. The van der Waals surface area contributed by atoms with Crippen LogP contribution in [0.2, 0.25) is 0 Å². The minimum atomic E-state index is -0.413. The second-order valence-electron chi connectivity index (χ2n) is 3.65. The number of hydrogen-bond acceptors (Lipinski definition) is 3. The minimum absolute atomic E-state index is 0.0860. The summed E-state index contributed by atoms with van der Waals surface area (Å²) in [6.45, 7) is 7.44. The van der Waals surface area contributed by atoms with Gasteiger partial charge in [-0.25, -0.2) is 0 Å². The van der Waals surface area contributed by atoms with Crippen LogP contribution in [0, 0.1) is 0 Å². The number of hydrogen-bond donors (Lipinski definition) is 2. The molecule has 0 fully saturated rings. The molecule has 0 bridgehead atoms. The van der Waals surface area contributed by atoms with E-state index in [0.29, 0.717) is 12.6 Å². The van der Waals surface area contributed by atoms with Crippen molar-refractivity contribution in [3.63, 3.8) is 0 Å². The molecule has 4 nitrogen and oxygen atoms in total. The molecule has 0 aromatic rings. The molecule has 1 atom stereocenters. The summed E-state index contributed by atoms with van der Waals surface area (Å²) in [7, 11) is 2.03. The lowest BCUT2D eigenvalue weighted by atomic mass is 10.3. The number of rotatable bonds is 5. The fourth-order valence-corrected chi connectivity index (χ4v) is 0.775. The van der Waals surface area contributed by atoms with Crippen molar-refractivity contribution in [2.24, 2.45) is 5.73 Å². The van der Waals surface area contributed by atoms with E-state index < -0.39 is 6.04 Å². The van der Waals surface area contributed by atoms with Gasteiger partial charge in [-0.1, -0.05) is 0 Å². The fraction of sp³-hybridized carbons (Fsp3) is 0.889. The van der Waals surface area contributed by atoms with Gasteiger partial charge in [0.05, 0.1) is 6.04 Å². The molecule has 0 spiro atoms. The van der Waals surface area contributed by atoms with Crippen LogP contribution in [-0.2, 0) is 4.79 Å². The Hall–Kier alpha value is -0.610. The zero-order valence-corrected chi connectivity index (χ0v) is 9.00. The first-order valence-electron chi connectivity index (χ1n) is 4.68. The monoisotopic (exact) mass is 187 g/mol. The van der Waals surface area contributed by atoms with Crippen molar-refractivity contribution >= 4 is 5.91 Å². The van der Waals surface area contributed by atoms with Gasteiger partial charge in [-0.15, -0.1) is 0 Å². The Balaban J connectivity index is 3.51. The van der Waals surface area contributed by atoms with E-state index in [0.717, 1.165) is 6.54 Å². The third kappa shape index (κ3) is 5.60. The van der Waals surface area contributed by atoms with Gasteiger partial charge in [0.15, 0.2) is 0 Å². The van der Waals surface area contributed by atoms with Gasteiger partial charge in [0.1, 0.15) is 0 Å². The molecular weight excluding hydrogens is 166 g/mol. The van der Waals surface area contributed by atoms with Crippen LogP contribution < -0.4 is 11.1 Å². The summed E-state index contributed by atoms with van der Waals surface area (Å²) in [6, 6.07) is 0.0940. The highest BCUT2D eigenvalue weighted by Crippen LogP contribution is 1.90. The quantitative estimate of drug-likeness (QED) is 0.626. The van der Waals surface area contributed by atoms with Gasteiger partial charge in [-0.3, -0.25) is 4.79 Å². The Morgan fingerprint density at radius 1 is 1.46 bits per heavy atom. The number of carbonyl (C=O) groups is 1. The van der Waals surface area contributed by atoms with Crippen LogP contribution in [0.4, 0.5) is 0 Å². The first kappa shape index (κ1) is 12.4. The van der Waals surface area contributed by atoms with Gasteiger partial charge >= 0.3 is 0 Å². The molecule has 0 aromatic heterocycles. The molecule has 0 aromatic carbocycles. The molecule has 3 N–H and O–H groups in total. The lowest BCUT2D eigenvalue weighted by Gasteiger charge is -2.21. The van der Waals surface area contributed by atoms with E-state index in [1.807, 2.05) is 7.05 Å². The van der Waals surface area contributed by atoms with Crippen LogP contribution in [0.1, 0.15) is 20.8 Å². The van der Waals surface area contributed by atoms with E-state index in [2.05, 4.69) is 24.1 Å². The molecule has 0 heterocycles. The number of nitrogens with zero attached hydrogens (tertiary/aromatic N) is 1. The molecule has 13 heavy (non-hydrogen) atoms. The largest absolute Gasteiger partial charge is 0.353 e. The highest BCUT2D eigenvalue weighted by Gasteiger charge is 2.07. The van der Waals surface area contributed by atoms with Crippen molar-refractivity contribution < 1.29 is 4.79 Å². The van der Waals surface area contributed by atoms with Crippen LogP contribution in [0.3, 0.4) is 0 Å². The zero-order valence-electron chi connectivity index (χ0n) is 9.00. The second-order valence-corrected chi connectivity index (χ2v) is 3.65. The van der Waals surface area contributed by atoms with Crippen LogP contribution >= 0.6 is 0 Å². The Labute approximate surface area is 80.5 Å². The molecule has 1 amide bonds. The van der Waals surface area contributed by atoms with Crippen molar-refractivity contribution in [3.8, 4) is 0 Å². The third-order valence-corrected chi connectivity index (χ3v) is 2.06. The van der Waals surface area contributed by atoms with Crippen molar-refractivity contribution in [1.82, 2.24) is 10.2 Å². The van der Waals surface area contributed by atoms with E-state index in [1.165, 1.54) is 0 Å². The van der Waals surface area contributed by atoms with Crippen LogP contribution in [0.5, 0.6) is 0 Å². The lowest BCUT2D eigenvalue weighted by Crippen LogP contribution is -2.42. The van der Waals surface area contributed by atoms with Crippen LogP contribution in [-0.4, -0.2) is 43.0 Å². The minimum Gasteiger partial charge on any atom is -0.353 e. The Morgan fingerprint density at radius 2 is 2.00 bits per heavy atom. The molecular formula is C9H21N3O. The maximum Gasteiger partial charge on any atom is 0.236 e. The summed E-state index contributed by atoms with van der Waals surface area (Å²) < 4.78 is 0. The van der Waals surface area contributed by atoms with Crippen molar-refractivity contribution in [2.45, 2.75) is 32.9 Å². The molecule has 0 saturated carbocycles. The van der Waals surface area contributed by atoms with Gasteiger partial charge < -0.3 is 16.0 Å². The topological polar surface area (TPSA) is 58.4 Å². The van der Waals surface area contributed by atoms with Crippen molar-refractivity contribution in [1.29, 1.82) is 0 Å². The van der Waals surface area contributed by atoms with E-state index in [9.17, 15) is 4.79 Å². The van der Waals surface area contributed by atoms with E-state index >= 15 is 0 Å². The molecule has 4 heteroatoms. The third-order valence-electron chi connectivity index (χ3n) is 2.06. The van der Waals surface area contributed by atoms with Crippen LogP contribution in [0.15, 0.2) is 0 Å². The molecule has 0 rings (SSSR count). The van der Waals surface area contributed by atoms with E-state index in [4.69, 9.17) is 5.73 Å². The Bertz CT molecular complexity index is 157. The first-order valence-corrected chi connectivity index (χ1v) is 4.68. The maximum absolute atomic E-state index is 11.0. The Morgan fingerprint density at radius 3 is 2.38 bits per heavy atom. The highest BCUT2D eigenvalue weighted by molar-refractivity contribution is 5.80. The molecule has 78 valence electrons. The molecule has 0 aliphatic carbocycles. The van der Waals surface area contributed by atoms with E-state index in [-0.39, 0.29) is 5.91 Å². The van der Waals surface area contributed by atoms with Gasteiger partial charge in [-0.05, 0) is 27.8 Å². The predicted octanol–water partition coefficient (Wildman–Crippen LogP) is -0.210. The molecule has 1 unspecified atom stereocenters. The molecule has 0 aliphatic rings. The number of amides is 1. The molecule has 0 aliphatic heterocycles. The van der Waals surface area contributed by atoms with Crippen molar-refractivity contribution in [3.05, 3.63) is 0 Å². The second kappa shape index (κ2) is 5.94. The van der Waals surface area contributed by atoms with Gasteiger partial charge in [0, 0.05) is 19.1 Å². The summed E-state index contributed by atoms with van der Waals surface area (Å²) in [5.41, 5.74) is 5.39. The standard InChI is InChI=1S/C9H21N3O/c1-7(2)12(4)6-5-11-9(13)8(3)10/h7-8H,5-6,10H2,1-4H3,(H,11,13). The van der Waals surface area contributed by atoms with Gasteiger partial charge in [0.25, 0.3) is 0 Å². The number of likely N-dealkylation sites (N-methyl/N-ethyl adjacent to an activating group) is 1. The SMILES string of the molecule is CC(N)C(=O)NCCN(C)C(C)C. The maximum atomic E-state index is 11.0. The van der Waals surface area contributed by atoms with Crippen LogP contribution in [0.25, 0.3) is 0 Å². The lowest BCUT2D eigenvalue weighted by molar-refractivity contribution is -0.122. The summed E-state index contributed by atoms with van der Waals surface area (Å²) in [5, 5.41) is 2.76. The average molecular weight is 187 g/mol. The highest BCUT2D eigenvalue weighted by atomic mass is 16.2. The van der Waals surface area contributed by atoms with Gasteiger partial charge in [0.2, 0.25) is 5.91 Å². The Kier molecular flexibility index (Phi) is 5.66. The summed E-state index contributed by atoms with van der Waals surface area (Å²) in [4.78, 5) is 13.2. The molecule has 0 saturated heterocycles. The summed E-state index contributed by atoms with van der Waals surface area (Å²) in [6.07, 6.45) is 0. The van der Waals surface area contributed by atoms with E-state index in [1.54, 1.807) is 6.92 Å². The smallest absolute Gasteiger partial charge is 0.236 e. The predicted molar refractivity (Wildman–Crippen MR) is 54.4 cm³/mol. The van der Waals surface area contributed by atoms with Crippen molar-refractivity contribution in [2.75, 3.05) is 20.1 Å². The fourth-order valence-electron chi connectivity index (χ4n) is 0.775.